The molecule has 0 amide bonds. The van der Waals surface area contributed by atoms with E-state index in [9.17, 15) is 14.7 Å². The van der Waals surface area contributed by atoms with Crippen molar-refractivity contribution in [2.24, 2.45) is 5.92 Å². The van der Waals surface area contributed by atoms with Gasteiger partial charge < -0.3 is 14.6 Å². The number of fused-ring (bicyclic) bond motifs is 1. The molecule has 29 heavy (non-hydrogen) atoms. The van der Waals surface area contributed by atoms with Crippen LogP contribution in [-0.2, 0) is 28.0 Å². The number of aryl methyl sites for hydroxylation is 1. The van der Waals surface area contributed by atoms with Gasteiger partial charge in [-0.1, -0.05) is 43.3 Å². The molecule has 4 heteroatoms. The number of carbonyl (C=O) groups is 2. The van der Waals surface area contributed by atoms with Crippen LogP contribution >= 0.6 is 0 Å². The quantitative estimate of drug-likeness (QED) is 0.438. The van der Waals surface area contributed by atoms with Crippen molar-refractivity contribution in [2.75, 3.05) is 0 Å². The van der Waals surface area contributed by atoms with Crippen molar-refractivity contribution in [2.45, 2.75) is 63.9 Å². The van der Waals surface area contributed by atoms with Crippen molar-refractivity contribution in [3.8, 4) is 5.75 Å². The van der Waals surface area contributed by atoms with E-state index in [1.54, 1.807) is 0 Å². The number of ether oxygens (including phenoxy) is 1. The molecule has 0 bridgehead atoms. The molecule has 0 fully saturated rings. The molecule has 0 aromatic heterocycles. The third-order valence-electron chi connectivity index (χ3n) is 6.25. The van der Waals surface area contributed by atoms with Crippen LogP contribution in [0.4, 0.5) is 0 Å². The number of carboxylic acid groups (broad SMARTS) is 1. The van der Waals surface area contributed by atoms with Crippen LogP contribution in [0.2, 0.25) is 0 Å². The van der Waals surface area contributed by atoms with Crippen molar-refractivity contribution >= 4 is 12.3 Å². The maximum absolute atomic E-state index is 12.2. The molecule has 3 rings (SSSR count). The molecule has 2 atom stereocenters. The summed E-state index contributed by atoms with van der Waals surface area (Å²) in [5.41, 5.74) is 2.98. The van der Waals surface area contributed by atoms with E-state index in [2.05, 4.69) is 12.1 Å². The Balaban J connectivity index is 1.95. The molecule has 0 saturated heterocycles. The number of hydrogen-bond acceptors (Lipinski definition) is 3. The largest absolute Gasteiger partial charge is 0.489 e. The molecule has 1 aliphatic rings. The van der Waals surface area contributed by atoms with Crippen LogP contribution in [-0.4, -0.2) is 17.4 Å². The summed E-state index contributed by atoms with van der Waals surface area (Å²) in [7, 11) is 0. The first kappa shape index (κ1) is 21.1. The summed E-state index contributed by atoms with van der Waals surface area (Å²) in [6.07, 6.45) is 6.17. The fourth-order valence-electron chi connectivity index (χ4n) is 4.90. The lowest BCUT2D eigenvalue weighted by Crippen LogP contribution is -2.42. The minimum atomic E-state index is -0.748. The van der Waals surface area contributed by atoms with Crippen molar-refractivity contribution < 1.29 is 19.4 Å². The van der Waals surface area contributed by atoms with Gasteiger partial charge in [-0.2, -0.15) is 0 Å². The second-order valence-electron chi connectivity index (χ2n) is 7.96. The van der Waals surface area contributed by atoms with Gasteiger partial charge in [0, 0.05) is 11.8 Å². The molecule has 0 heterocycles. The first-order valence-corrected chi connectivity index (χ1v) is 10.6. The smallest absolute Gasteiger partial charge is 0.307 e. The van der Waals surface area contributed by atoms with Gasteiger partial charge in [-0.05, 0) is 67.3 Å². The summed E-state index contributed by atoms with van der Waals surface area (Å²) >= 11 is 0. The number of benzene rings is 2. The van der Waals surface area contributed by atoms with Crippen LogP contribution in [0.25, 0.3) is 0 Å². The lowest BCUT2D eigenvalue weighted by atomic mass is 9.60. The fraction of sp³-hybridized carbons (Fsp3) is 0.440. The Kier molecular flexibility index (Phi) is 7.08. The number of aliphatic carboxylic acids is 1. The summed E-state index contributed by atoms with van der Waals surface area (Å²) in [6.45, 7) is 2.43. The van der Waals surface area contributed by atoms with E-state index in [1.165, 1.54) is 5.56 Å². The zero-order chi connectivity index (χ0) is 20.7. The number of aldehydes is 1. The van der Waals surface area contributed by atoms with Gasteiger partial charge in [0.1, 0.15) is 18.6 Å². The predicted octanol–water partition coefficient (Wildman–Crippen LogP) is 5.32. The SMILES string of the molecule is CCC(C(=O)O)C1(CCCC=O)CCCc2ccc(OCc3ccccc3)cc21. The molecule has 2 unspecified atom stereocenters. The second-order valence-corrected chi connectivity index (χ2v) is 7.96. The van der Waals surface area contributed by atoms with Gasteiger partial charge in [0.05, 0.1) is 5.92 Å². The van der Waals surface area contributed by atoms with E-state index >= 15 is 0 Å². The Labute approximate surface area is 172 Å². The molecule has 2 aromatic carbocycles. The summed E-state index contributed by atoms with van der Waals surface area (Å²) in [4.78, 5) is 23.1. The summed E-state index contributed by atoms with van der Waals surface area (Å²) in [5.74, 6) is -0.436. The van der Waals surface area contributed by atoms with E-state index < -0.39 is 17.3 Å². The Morgan fingerprint density at radius 2 is 2.03 bits per heavy atom. The normalized spacial score (nSPS) is 19.2. The average molecular weight is 395 g/mol. The lowest BCUT2D eigenvalue weighted by molar-refractivity contribution is -0.145. The highest BCUT2D eigenvalue weighted by atomic mass is 16.5. The van der Waals surface area contributed by atoms with Crippen LogP contribution in [0, 0.1) is 5.92 Å². The Morgan fingerprint density at radius 1 is 1.24 bits per heavy atom. The maximum atomic E-state index is 12.2. The monoisotopic (exact) mass is 394 g/mol. The molecular formula is C25H30O4. The highest BCUT2D eigenvalue weighted by molar-refractivity contribution is 5.73. The van der Waals surface area contributed by atoms with Crippen LogP contribution in [0.1, 0.15) is 62.1 Å². The van der Waals surface area contributed by atoms with Crippen LogP contribution in [0.15, 0.2) is 48.5 Å². The predicted molar refractivity (Wildman–Crippen MR) is 113 cm³/mol. The van der Waals surface area contributed by atoms with Crippen molar-refractivity contribution in [3.05, 3.63) is 65.2 Å². The second kappa shape index (κ2) is 9.73. The standard InChI is InChI=1S/C25H30O4/c1-2-22(24(27)28)25(14-6-7-16-26)15-8-11-20-12-13-21(17-23(20)25)29-18-19-9-4-3-5-10-19/h3-5,9-10,12-13,16-17,22H,2,6-8,11,14-15,18H2,1H3,(H,27,28). The van der Waals surface area contributed by atoms with Crippen LogP contribution in [0.5, 0.6) is 5.75 Å². The zero-order valence-corrected chi connectivity index (χ0v) is 17.1. The fourth-order valence-corrected chi connectivity index (χ4v) is 4.90. The van der Waals surface area contributed by atoms with E-state index in [0.717, 1.165) is 42.4 Å². The van der Waals surface area contributed by atoms with E-state index in [1.807, 2.05) is 43.3 Å². The average Bonchev–Trinajstić information content (AvgIpc) is 2.74. The molecule has 0 aliphatic heterocycles. The summed E-state index contributed by atoms with van der Waals surface area (Å²) in [5, 5.41) is 9.99. The van der Waals surface area contributed by atoms with Crippen LogP contribution < -0.4 is 4.74 Å². The van der Waals surface area contributed by atoms with E-state index in [4.69, 9.17) is 4.74 Å². The molecule has 0 saturated carbocycles. The minimum absolute atomic E-state index is 0.441. The number of unbranched alkanes of at least 4 members (excludes halogenated alkanes) is 1. The Bertz CT molecular complexity index is 830. The van der Waals surface area contributed by atoms with Crippen molar-refractivity contribution in [1.82, 2.24) is 0 Å². The molecule has 2 aromatic rings. The zero-order valence-electron chi connectivity index (χ0n) is 17.1. The molecule has 1 aliphatic carbocycles. The summed E-state index contributed by atoms with van der Waals surface area (Å²) in [6, 6.07) is 16.2. The molecule has 1 N–H and O–H groups in total. The van der Waals surface area contributed by atoms with Gasteiger partial charge in [-0.3, -0.25) is 4.79 Å². The van der Waals surface area contributed by atoms with Crippen molar-refractivity contribution in [1.29, 1.82) is 0 Å². The van der Waals surface area contributed by atoms with E-state index in [0.29, 0.717) is 32.3 Å². The molecule has 4 nitrogen and oxygen atoms in total. The Morgan fingerprint density at radius 3 is 2.72 bits per heavy atom. The van der Waals surface area contributed by atoms with E-state index in [-0.39, 0.29) is 0 Å². The highest BCUT2D eigenvalue weighted by Crippen LogP contribution is 2.48. The molecule has 154 valence electrons. The van der Waals surface area contributed by atoms with Gasteiger partial charge in [-0.15, -0.1) is 0 Å². The van der Waals surface area contributed by atoms with Gasteiger partial charge in [0.15, 0.2) is 0 Å². The third kappa shape index (κ3) is 4.69. The van der Waals surface area contributed by atoms with Gasteiger partial charge in [-0.25, -0.2) is 0 Å². The highest BCUT2D eigenvalue weighted by Gasteiger charge is 2.45. The van der Waals surface area contributed by atoms with Gasteiger partial charge in [0.25, 0.3) is 0 Å². The van der Waals surface area contributed by atoms with Gasteiger partial charge >= 0.3 is 5.97 Å². The number of carboxylic acids is 1. The first-order chi connectivity index (χ1) is 14.1. The van der Waals surface area contributed by atoms with Crippen molar-refractivity contribution in [3.63, 3.8) is 0 Å². The topological polar surface area (TPSA) is 63.6 Å². The number of hydrogen-bond donors (Lipinski definition) is 1. The number of rotatable bonds is 10. The molecule has 0 spiro atoms. The maximum Gasteiger partial charge on any atom is 0.307 e. The molecular weight excluding hydrogens is 364 g/mol. The third-order valence-corrected chi connectivity index (χ3v) is 6.25. The van der Waals surface area contributed by atoms with Crippen LogP contribution in [0.3, 0.4) is 0 Å². The minimum Gasteiger partial charge on any atom is -0.489 e. The lowest BCUT2D eigenvalue weighted by Gasteiger charge is -2.43. The number of carbonyl (C=O) groups excluding carboxylic acids is 1. The Hall–Kier alpha value is -2.62. The summed E-state index contributed by atoms with van der Waals surface area (Å²) < 4.78 is 6.05. The first-order valence-electron chi connectivity index (χ1n) is 10.6. The van der Waals surface area contributed by atoms with Gasteiger partial charge in [0.2, 0.25) is 0 Å². The molecule has 0 radical (unpaired) electrons.